The molecule has 1 aliphatic rings. The zero-order chi connectivity index (χ0) is 7.56. The SMILES string of the molecule is [B][C@H]1C[C@H](C#C)[C@@H](CO)O1. The monoisotopic (exact) mass is 136 g/mol. The number of aliphatic hydroxyl groups excluding tert-OH is 1. The van der Waals surface area contributed by atoms with Crippen LogP contribution < -0.4 is 0 Å². The topological polar surface area (TPSA) is 29.5 Å². The predicted octanol–water partition coefficient (Wildman–Crippen LogP) is -0.488. The van der Waals surface area contributed by atoms with Crippen molar-refractivity contribution in [3.63, 3.8) is 0 Å². The minimum atomic E-state index is -0.293. The van der Waals surface area contributed by atoms with Crippen molar-refractivity contribution in [1.82, 2.24) is 0 Å². The van der Waals surface area contributed by atoms with Gasteiger partial charge in [-0.05, 0) is 6.42 Å². The molecule has 1 heterocycles. The van der Waals surface area contributed by atoms with Gasteiger partial charge in [-0.2, -0.15) is 0 Å². The van der Waals surface area contributed by atoms with Crippen LogP contribution in [0.2, 0.25) is 0 Å². The van der Waals surface area contributed by atoms with E-state index in [-0.39, 0.29) is 24.6 Å². The third kappa shape index (κ3) is 1.34. The minimum absolute atomic E-state index is 0.0139. The molecule has 3 heteroatoms. The third-order valence-corrected chi connectivity index (χ3v) is 1.68. The van der Waals surface area contributed by atoms with Crippen molar-refractivity contribution in [3.8, 4) is 12.3 Å². The van der Waals surface area contributed by atoms with Gasteiger partial charge in [0.05, 0.1) is 18.6 Å². The molecule has 0 aromatic carbocycles. The van der Waals surface area contributed by atoms with Gasteiger partial charge in [0.1, 0.15) is 7.85 Å². The third-order valence-electron chi connectivity index (χ3n) is 1.68. The van der Waals surface area contributed by atoms with Crippen molar-refractivity contribution in [1.29, 1.82) is 0 Å². The van der Waals surface area contributed by atoms with Crippen LogP contribution in [0.25, 0.3) is 0 Å². The van der Waals surface area contributed by atoms with E-state index in [1.54, 1.807) is 0 Å². The van der Waals surface area contributed by atoms with Gasteiger partial charge in [0, 0.05) is 6.00 Å². The van der Waals surface area contributed by atoms with Gasteiger partial charge in [-0.3, -0.25) is 0 Å². The molecule has 0 saturated carbocycles. The van der Waals surface area contributed by atoms with Gasteiger partial charge in [0.2, 0.25) is 0 Å². The van der Waals surface area contributed by atoms with E-state index < -0.39 is 0 Å². The molecule has 0 unspecified atom stereocenters. The maximum atomic E-state index is 8.71. The van der Waals surface area contributed by atoms with Crippen molar-refractivity contribution < 1.29 is 9.84 Å². The van der Waals surface area contributed by atoms with Crippen LogP contribution in [-0.2, 0) is 4.74 Å². The molecule has 1 rings (SSSR count). The van der Waals surface area contributed by atoms with Gasteiger partial charge in [-0.15, -0.1) is 12.3 Å². The Hall–Kier alpha value is -0.455. The lowest BCUT2D eigenvalue weighted by Crippen LogP contribution is -2.19. The second-order valence-electron chi connectivity index (χ2n) is 2.40. The molecule has 0 aromatic heterocycles. The standard InChI is InChI=1S/C7H9BO2/c1-2-5-3-7(8)10-6(5)4-9/h1,5-7,9H,3-4H2/t5-,6+,7+/m0/s1. The first-order chi connectivity index (χ1) is 4.77. The Morgan fingerprint density at radius 2 is 2.50 bits per heavy atom. The summed E-state index contributed by atoms with van der Waals surface area (Å²) in [4.78, 5) is 0. The van der Waals surface area contributed by atoms with Gasteiger partial charge >= 0.3 is 0 Å². The van der Waals surface area contributed by atoms with E-state index >= 15 is 0 Å². The highest BCUT2D eigenvalue weighted by Crippen LogP contribution is 2.23. The fraction of sp³-hybridized carbons (Fsp3) is 0.714. The molecule has 0 amide bonds. The van der Waals surface area contributed by atoms with Crippen molar-refractivity contribution in [2.75, 3.05) is 6.61 Å². The summed E-state index contributed by atoms with van der Waals surface area (Å²) in [6.07, 6.45) is 5.57. The Balaban J connectivity index is 2.51. The fourth-order valence-electron chi connectivity index (χ4n) is 1.12. The van der Waals surface area contributed by atoms with E-state index in [2.05, 4.69) is 5.92 Å². The molecule has 2 nitrogen and oxygen atoms in total. The second kappa shape index (κ2) is 3.09. The summed E-state index contributed by atoms with van der Waals surface area (Å²) >= 11 is 0. The summed E-state index contributed by atoms with van der Waals surface area (Å²) in [6.45, 7) is -0.0391. The summed E-state index contributed by atoms with van der Waals surface area (Å²) < 4.78 is 5.10. The summed E-state index contributed by atoms with van der Waals surface area (Å²) in [5.41, 5.74) is 0. The van der Waals surface area contributed by atoms with Gasteiger partial charge < -0.3 is 9.84 Å². The van der Waals surface area contributed by atoms with Crippen molar-refractivity contribution >= 4 is 7.85 Å². The van der Waals surface area contributed by atoms with Gasteiger partial charge in [-0.1, -0.05) is 0 Å². The van der Waals surface area contributed by atoms with Crippen LogP contribution in [0.3, 0.4) is 0 Å². The van der Waals surface area contributed by atoms with E-state index in [4.69, 9.17) is 24.1 Å². The Morgan fingerprint density at radius 3 is 2.90 bits per heavy atom. The average Bonchev–Trinajstić information content (AvgIpc) is 2.30. The molecule has 10 heavy (non-hydrogen) atoms. The van der Waals surface area contributed by atoms with Crippen LogP contribution >= 0.6 is 0 Å². The summed E-state index contributed by atoms with van der Waals surface area (Å²) in [5, 5.41) is 8.71. The van der Waals surface area contributed by atoms with Crippen LogP contribution in [0.1, 0.15) is 6.42 Å². The number of terminal acetylenes is 1. The average molecular weight is 136 g/mol. The van der Waals surface area contributed by atoms with E-state index in [1.165, 1.54) is 0 Å². The maximum Gasteiger partial charge on any atom is 0.109 e. The molecule has 0 spiro atoms. The van der Waals surface area contributed by atoms with Crippen LogP contribution in [0.4, 0.5) is 0 Å². The molecular formula is C7H9BO2. The zero-order valence-electron chi connectivity index (χ0n) is 5.66. The minimum Gasteiger partial charge on any atom is -0.394 e. The molecule has 1 N–H and O–H groups in total. The van der Waals surface area contributed by atoms with Gasteiger partial charge in [-0.25, -0.2) is 0 Å². The van der Waals surface area contributed by atoms with Crippen LogP contribution in [-0.4, -0.2) is 31.7 Å². The summed E-state index contributed by atoms with van der Waals surface area (Å²) in [7, 11) is 5.44. The Kier molecular flexibility index (Phi) is 2.36. The molecule has 3 atom stereocenters. The summed E-state index contributed by atoms with van der Waals surface area (Å²) in [6, 6.07) is -0.293. The molecule has 0 aliphatic carbocycles. The lowest BCUT2D eigenvalue weighted by Gasteiger charge is -2.09. The van der Waals surface area contributed by atoms with Gasteiger partial charge in [0.25, 0.3) is 0 Å². The normalized spacial score (nSPS) is 39.4. The van der Waals surface area contributed by atoms with E-state index in [0.717, 1.165) is 0 Å². The fourth-order valence-corrected chi connectivity index (χ4v) is 1.12. The van der Waals surface area contributed by atoms with Crippen LogP contribution in [0, 0.1) is 18.3 Å². The molecule has 1 saturated heterocycles. The maximum absolute atomic E-state index is 8.71. The first-order valence-corrected chi connectivity index (χ1v) is 3.26. The zero-order valence-corrected chi connectivity index (χ0v) is 5.66. The molecule has 0 bridgehead atoms. The molecule has 52 valence electrons. The first kappa shape index (κ1) is 7.65. The summed E-state index contributed by atoms with van der Waals surface area (Å²) in [5.74, 6) is 2.52. The van der Waals surface area contributed by atoms with Crippen LogP contribution in [0.15, 0.2) is 0 Å². The number of rotatable bonds is 1. The van der Waals surface area contributed by atoms with Crippen molar-refractivity contribution in [2.45, 2.75) is 18.5 Å². The lowest BCUT2D eigenvalue weighted by molar-refractivity contribution is 0.0344. The van der Waals surface area contributed by atoms with E-state index in [0.29, 0.717) is 6.42 Å². The van der Waals surface area contributed by atoms with Crippen molar-refractivity contribution in [3.05, 3.63) is 0 Å². The Bertz CT molecular complexity index is 152. The van der Waals surface area contributed by atoms with Crippen LogP contribution in [0.5, 0.6) is 0 Å². The van der Waals surface area contributed by atoms with Gasteiger partial charge in [0.15, 0.2) is 0 Å². The molecule has 1 fully saturated rings. The van der Waals surface area contributed by atoms with E-state index in [9.17, 15) is 0 Å². The number of hydrogen-bond donors (Lipinski definition) is 1. The predicted molar refractivity (Wildman–Crippen MR) is 38.4 cm³/mol. The lowest BCUT2D eigenvalue weighted by atomic mass is 9.91. The number of hydrogen-bond acceptors (Lipinski definition) is 2. The number of ether oxygens (including phenoxy) is 1. The smallest absolute Gasteiger partial charge is 0.109 e. The molecule has 2 radical (unpaired) electrons. The van der Waals surface area contributed by atoms with E-state index in [1.807, 2.05) is 0 Å². The molecule has 1 aliphatic heterocycles. The first-order valence-electron chi connectivity index (χ1n) is 3.26. The largest absolute Gasteiger partial charge is 0.394 e. The molecular weight excluding hydrogens is 127 g/mol. The Labute approximate surface area is 62.0 Å². The number of aliphatic hydroxyl groups is 1. The highest BCUT2D eigenvalue weighted by atomic mass is 16.5. The highest BCUT2D eigenvalue weighted by Gasteiger charge is 2.30. The Morgan fingerprint density at radius 1 is 1.80 bits per heavy atom. The molecule has 0 aromatic rings. The second-order valence-corrected chi connectivity index (χ2v) is 2.40. The van der Waals surface area contributed by atoms with Crippen molar-refractivity contribution in [2.24, 2.45) is 5.92 Å². The quantitative estimate of drug-likeness (QED) is 0.389. The highest BCUT2D eigenvalue weighted by molar-refractivity contribution is 6.11.